The molecule has 0 saturated heterocycles. The van der Waals surface area contributed by atoms with E-state index in [1.807, 2.05) is 24.3 Å². The summed E-state index contributed by atoms with van der Waals surface area (Å²) in [6, 6.07) is 16.3. The molecular weight excluding hydrogens is 248 g/mol. The largest absolute Gasteiger partial charge is 0.484 e. The molecule has 0 bridgehead atoms. The van der Waals surface area contributed by atoms with E-state index in [0.717, 1.165) is 30.2 Å². The van der Waals surface area contributed by atoms with Gasteiger partial charge in [-0.25, -0.2) is 0 Å². The van der Waals surface area contributed by atoms with Crippen LogP contribution in [0.3, 0.4) is 0 Å². The second-order valence-corrected chi connectivity index (χ2v) is 5.93. The Kier molecular flexibility index (Phi) is 3.05. The van der Waals surface area contributed by atoms with Crippen LogP contribution in [0.1, 0.15) is 19.4 Å². The summed E-state index contributed by atoms with van der Waals surface area (Å²) in [4.78, 5) is 2.34. The maximum absolute atomic E-state index is 6.04. The van der Waals surface area contributed by atoms with Crippen LogP contribution in [0.5, 0.6) is 5.75 Å². The molecule has 3 heteroatoms. The lowest BCUT2D eigenvalue weighted by atomic mass is 10.0. The van der Waals surface area contributed by atoms with Gasteiger partial charge in [0.2, 0.25) is 0 Å². The number of hydrogen-bond acceptors (Lipinski definition) is 3. The van der Waals surface area contributed by atoms with Crippen molar-refractivity contribution in [3.05, 3.63) is 54.1 Å². The first-order chi connectivity index (χ1) is 9.53. The average molecular weight is 268 g/mol. The molecule has 0 unspecified atom stereocenters. The summed E-state index contributed by atoms with van der Waals surface area (Å²) in [5, 5.41) is 0. The Morgan fingerprint density at radius 2 is 1.90 bits per heavy atom. The molecule has 0 saturated carbocycles. The lowest BCUT2D eigenvalue weighted by Crippen LogP contribution is -2.46. The number of hydrogen-bond donors (Lipinski definition) is 1. The number of fused-ring (bicyclic) bond motifs is 1. The van der Waals surface area contributed by atoms with Gasteiger partial charge in [-0.2, -0.15) is 0 Å². The fourth-order valence-electron chi connectivity index (χ4n) is 2.69. The van der Waals surface area contributed by atoms with Crippen LogP contribution in [0, 0.1) is 0 Å². The molecule has 0 atom stereocenters. The summed E-state index contributed by atoms with van der Waals surface area (Å²) in [5.41, 5.74) is 8.86. The number of rotatable bonds is 2. The van der Waals surface area contributed by atoms with E-state index in [4.69, 9.17) is 10.5 Å². The van der Waals surface area contributed by atoms with E-state index in [-0.39, 0.29) is 5.60 Å². The third kappa shape index (κ3) is 2.57. The molecule has 1 heterocycles. The van der Waals surface area contributed by atoms with Crippen molar-refractivity contribution in [2.24, 2.45) is 0 Å². The monoisotopic (exact) mass is 268 g/mol. The van der Waals surface area contributed by atoms with Crippen LogP contribution in [0.2, 0.25) is 0 Å². The first-order valence-electron chi connectivity index (χ1n) is 6.91. The fraction of sp³-hybridized carbons (Fsp3) is 0.294. The van der Waals surface area contributed by atoms with Crippen LogP contribution in [0.4, 0.5) is 11.4 Å². The van der Waals surface area contributed by atoms with Gasteiger partial charge in [-0.1, -0.05) is 30.3 Å². The highest BCUT2D eigenvalue weighted by molar-refractivity contribution is 5.66. The molecule has 20 heavy (non-hydrogen) atoms. The van der Waals surface area contributed by atoms with Crippen molar-refractivity contribution in [2.45, 2.75) is 26.0 Å². The topological polar surface area (TPSA) is 38.5 Å². The zero-order chi connectivity index (χ0) is 14.2. The van der Waals surface area contributed by atoms with Gasteiger partial charge in [0.15, 0.2) is 0 Å². The number of anilines is 2. The van der Waals surface area contributed by atoms with Crippen LogP contribution < -0.4 is 15.4 Å². The first-order valence-corrected chi connectivity index (χ1v) is 6.91. The summed E-state index contributed by atoms with van der Waals surface area (Å²) in [7, 11) is 0. The summed E-state index contributed by atoms with van der Waals surface area (Å²) < 4.78 is 6.04. The number of nitrogens with zero attached hydrogens (tertiary/aromatic N) is 1. The molecule has 0 amide bonds. The van der Waals surface area contributed by atoms with Crippen LogP contribution >= 0.6 is 0 Å². The van der Waals surface area contributed by atoms with E-state index in [1.54, 1.807) is 0 Å². The first kappa shape index (κ1) is 12.9. The van der Waals surface area contributed by atoms with Crippen LogP contribution in [-0.4, -0.2) is 12.1 Å². The average Bonchev–Trinajstić information content (AvgIpc) is 2.40. The van der Waals surface area contributed by atoms with Crippen molar-refractivity contribution in [3.63, 3.8) is 0 Å². The molecule has 104 valence electrons. The second-order valence-electron chi connectivity index (χ2n) is 5.93. The Morgan fingerprint density at radius 1 is 1.15 bits per heavy atom. The molecule has 2 aromatic rings. The predicted octanol–water partition coefficient (Wildman–Crippen LogP) is 3.45. The van der Waals surface area contributed by atoms with Gasteiger partial charge in [0, 0.05) is 12.2 Å². The van der Waals surface area contributed by atoms with Crippen LogP contribution in [0.25, 0.3) is 0 Å². The van der Waals surface area contributed by atoms with Gasteiger partial charge in [-0.3, -0.25) is 0 Å². The third-order valence-electron chi connectivity index (χ3n) is 3.50. The number of nitrogen functional groups attached to an aromatic ring is 1. The Bertz CT molecular complexity index is 608. The van der Waals surface area contributed by atoms with Crippen molar-refractivity contribution in [1.82, 2.24) is 0 Å². The van der Waals surface area contributed by atoms with E-state index in [1.165, 1.54) is 5.56 Å². The van der Waals surface area contributed by atoms with E-state index in [2.05, 4.69) is 43.0 Å². The number of nitrogens with two attached hydrogens (primary N) is 1. The highest BCUT2D eigenvalue weighted by atomic mass is 16.5. The van der Waals surface area contributed by atoms with Crippen molar-refractivity contribution in [3.8, 4) is 5.75 Å². The summed E-state index contributed by atoms with van der Waals surface area (Å²) in [6.07, 6.45) is 0. The maximum atomic E-state index is 6.04. The third-order valence-corrected chi connectivity index (χ3v) is 3.50. The van der Waals surface area contributed by atoms with Gasteiger partial charge in [0.25, 0.3) is 0 Å². The quantitative estimate of drug-likeness (QED) is 0.848. The fourth-order valence-corrected chi connectivity index (χ4v) is 2.69. The van der Waals surface area contributed by atoms with E-state index in [0.29, 0.717) is 0 Å². The normalized spacial score (nSPS) is 16.4. The van der Waals surface area contributed by atoms with Crippen molar-refractivity contribution in [2.75, 3.05) is 17.2 Å². The molecule has 0 aliphatic carbocycles. The van der Waals surface area contributed by atoms with Crippen LogP contribution in [-0.2, 0) is 6.54 Å². The smallest absolute Gasteiger partial charge is 0.143 e. The lowest BCUT2D eigenvalue weighted by Gasteiger charge is -2.41. The van der Waals surface area contributed by atoms with Gasteiger partial charge < -0.3 is 15.4 Å². The Labute approximate surface area is 120 Å². The molecule has 1 aliphatic rings. The molecule has 2 N–H and O–H groups in total. The maximum Gasteiger partial charge on any atom is 0.143 e. The highest BCUT2D eigenvalue weighted by Gasteiger charge is 2.31. The SMILES string of the molecule is CC1(C)CN(Cc2ccccc2)c2cc(N)ccc2O1. The number of ether oxygens (including phenoxy) is 1. The van der Waals surface area contributed by atoms with Crippen molar-refractivity contribution < 1.29 is 4.74 Å². The Hall–Kier alpha value is -2.16. The molecule has 0 radical (unpaired) electrons. The van der Waals surface area contributed by atoms with Gasteiger partial charge in [0.1, 0.15) is 11.4 Å². The standard InChI is InChI=1S/C17H20N2O/c1-17(2)12-19(11-13-6-4-3-5-7-13)15-10-14(18)8-9-16(15)20-17/h3-10H,11-12,18H2,1-2H3. The summed E-state index contributed by atoms with van der Waals surface area (Å²) in [5.74, 6) is 0.909. The van der Waals surface area contributed by atoms with Gasteiger partial charge in [0.05, 0.1) is 12.2 Å². The lowest BCUT2D eigenvalue weighted by molar-refractivity contribution is 0.104. The summed E-state index contributed by atoms with van der Waals surface area (Å²) in [6.45, 7) is 5.94. The molecule has 3 rings (SSSR count). The second kappa shape index (κ2) is 4.75. The zero-order valence-electron chi connectivity index (χ0n) is 12.0. The molecule has 2 aromatic carbocycles. The molecule has 0 fully saturated rings. The van der Waals surface area contributed by atoms with Crippen molar-refractivity contribution >= 4 is 11.4 Å². The van der Waals surface area contributed by atoms with E-state index < -0.39 is 0 Å². The Morgan fingerprint density at radius 3 is 2.65 bits per heavy atom. The van der Waals surface area contributed by atoms with Gasteiger partial charge in [-0.15, -0.1) is 0 Å². The molecule has 0 aromatic heterocycles. The Balaban J connectivity index is 1.96. The van der Waals surface area contributed by atoms with Crippen LogP contribution in [0.15, 0.2) is 48.5 Å². The molecule has 1 aliphatic heterocycles. The minimum Gasteiger partial charge on any atom is -0.484 e. The summed E-state index contributed by atoms with van der Waals surface area (Å²) >= 11 is 0. The molecule has 0 spiro atoms. The van der Waals surface area contributed by atoms with Crippen molar-refractivity contribution in [1.29, 1.82) is 0 Å². The number of benzene rings is 2. The van der Waals surface area contributed by atoms with Gasteiger partial charge in [-0.05, 0) is 37.6 Å². The molecule has 3 nitrogen and oxygen atoms in total. The minimum atomic E-state index is -0.197. The van der Waals surface area contributed by atoms with Gasteiger partial charge >= 0.3 is 0 Å². The highest BCUT2D eigenvalue weighted by Crippen LogP contribution is 2.38. The zero-order valence-corrected chi connectivity index (χ0v) is 12.0. The minimum absolute atomic E-state index is 0.197. The predicted molar refractivity (Wildman–Crippen MR) is 83.1 cm³/mol. The van der Waals surface area contributed by atoms with E-state index >= 15 is 0 Å². The van der Waals surface area contributed by atoms with E-state index in [9.17, 15) is 0 Å². The molecular formula is C17H20N2O.